The van der Waals surface area contributed by atoms with Gasteiger partial charge >= 0.3 is 0 Å². The van der Waals surface area contributed by atoms with Crippen LogP contribution in [0.1, 0.15) is 30.1 Å². The molecule has 5 heteroatoms. The number of anilines is 1. The molecule has 0 aliphatic heterocycles. The molecule has 0 atom stereocenters. The third-order valence-corrected chi connectivity index (χ3v) is 3.11. The zero-order valence-electron chi connectivity index (χ0n) is 11.0. The molecule has 0 radical (unpaired) electrons. The molecule has 1 aromatic rings. The molecule has 1 aliphatic rings. The lowest BCUT2D eigenvalue weighted by molar-refractivity contribution is -0.112. The second-order valence-corrected chi connectivity index (χ2v) is 4.73. The monoisotopic (exact) mass is 270 g/mol. The van der Waals surface area contributed by atoms with Gasteiger partial charge in [0.05, 0.1) is 0 Å². The number of benzene rings is 1. The van der Waals surface area contributed by atoms with Gasteiger partial charge in [-0.2, -0.15) is 5.26 Å². The van der Waals surface area contributed by atoms with E-state index in [1.54, 1.807) is 30.3 Å². The van der Waals surface area contributed by atoms with Gasteiger partial charge in [0.15, 0.2) is 11.4 Å². The Labute approximate surface area is 116 Å². The molecular weight excluding hydrogens is 256 g/mol. The number of Topliss-reactive ketones (excluding diaryl/α,β-unsaturated/α-hetero) is 1. The number of carbonyl (C=O) groups is 2. The van der Waals surface area contributed by atoms with Crippen molar-refractivity contribution in [3.63, 3.8) is 0 Å². The van der Waals surface area contributed by atoms with Crippen molar-refractivity contribution in [3.8, 4) is 6.07 Å². The quantitative estimate of drug-likeness (QED) is 0.381. The molecule has 0 spiro atoms. The zero-order chi connectivity index (χ0) is 14.7. The Balaban J connectivity index is 2.13. The maximum absolute atomic E-state index is 11.9. The number of nitrogens with zero attached hydrogens (tertiary/aromatic N) is 1. The van der Waals surface area contributed by atoms with Crippen molar-refractivity contribution in [2.45, 2.75) is 19.8 Å². The first-order valence-corrected chi connectivity index (χ1v) is 6.28. The smallest absolute Gasteiger partial charge is 0.269 e. The molecule has 5 nitrogen and oxygen atoms in total. The van der Waals surface area contributed by atoms with Crippen LogP contribution in [0.5, 0.6) is 0 Å². The molecule has 0 unspecified atom stereocenters. The molecule has 1 fully saturated rings. The number of hydrogen-bond donors (Lipinski definition) is 2. The normalized spacial score (nSPS) is 15.0. The third kappa shape index (κ3) is 3.04. The van der Waals surface area contributed by atoms with Crippen molar-refractivity contribution in [3.05, 3.63) is 41.2 Å². The molecule has 2 N–H and O–H groups in total. The number of aliphatic hydroxyl groups excluding tert-OH is 1. The highest BCUT2D eigenvalue weighted by molar-refractivity contribution is 6.07. The van der Waals surface area contributed by atoms with Gasteiger partial charge in [0.1, 0.15) is 11.8 Å². The van der Waals surface area contributed by atoms with Crippen LogP contribution in [0.4, 0.5) is 5.69 Å². The van der Waals surface area contributed by atoms with Gasteiger partial charge in [0.25, 0.3) is 5.91 Å². The Bertz CT molecular complexity index is 620. The van der Waals surface area contributed by atoms with Crippen LogP contribution in [-0.4, -0.2) is 16.8 Å². The zero-order valence-corrected chi connectivity index (χ0v) is 11.0. The minimum Gasteiger partial charge on any atom is -0.510 e. The number of hydrogen-bond acceptors (Lipinski definition) is 4. The lowest BCUT2D eigenvalue weighted by Gasteiger charge is -2.06. The van der Waals surface area contributed by atoms with Crippen LogP contribution >= 0.6 is 0 Å². The Morgan fingerprint density at radius 2 is 1.90 bits per heavy atom. The molecule has 0 aromatic heterocycles. The summed E-state index contributed by atoms with van der Waals surface area (Å²) in [5, 5.41) is 21.3. The number of ketones is 1. The topological polar surface area (TPSA) is 90.2 Å². The minimum absolute atomic E-state index is 0.0597. The van der Waals surface area contributed by atoms with Gasteiger partial charge in [0, 0.05) is 17.2 Å². The average molecular weight is 270 g/mol. The SMILES string of the molecule is CC(=O)c1ccc(NC(=O)/C(C#N)=C(\O)C2CC2)cc1. The van der Waals surface area contributed by atoms with Crippen molar-refractivity contribution in [2.24, 2.45) is 5.92 Å². The molecule has 102 valence electrons. The summed E-state index contributed by atoms with van der Waals surface area (Å²) in [4.78, 5) is 23.1. The summed E-state index contributed by atoms with van der Waals surface area (Å²) in [5.41, 5.74) is 0.763. The maximum Gasteiger partial charge on any atom is 0.269 e. The van der Waals surface area contributed by atoms with Crippen LogP contribution in [0, 0.1) is 17.2 Å². The first-order valence-electron chi connectivity index (χ1n) is 6.28. The van der Waals surface area contributed by atoms with Gasteiger partial charge in [0.2, 0.25) is 0 Å². The standard InChI is InChI=1S/C15H14N2O3/c1-9(18)10-4-6-12(7-5-10)17-15(20)13(8-16)14(19)11-2-3-11/h4-7,11,19H,2-3H2,1H3,(H,17,20)/b14-13-. The van der Waals surface area contributed by atoms with Crippen molar-refractivity contribution >= 4 is 17.4 Å². The fourth-order valence-corrected chi connectivity index (χ4v) is 1.77. The van der Waals surface area contributed by atoms with Crippen LogP contribution in [-0.2, 0) is 4.79 Å². The molecule has 2 rings (SSSR count). The first-order chi connectivity index (χ1) is 9.52. The first kappa shape index (κ1) is 13.8. The highest BCUT2D eigenvalue weighted by Crippen LogP contribution is 2.36. The lowest BCUT2D eigenvalue weighted by Crippen LogP contribution is -2.16. The Morgan fingerprint density at radius 1 is 1.30 bits per heavy atom. The van der Waals surface area contributed by atoms with Crippen LogP contribution in [0.3, 0.4) is 0 Å². The third-order valence-electron chi connectivity index (χ3n) is 3.11. The summed E-state index contributed by atoms with van der Waals surface area (Å²) in [7, 11) is 0. The fourth-order valence-electron chi connectivity index (χ4n) is 1.77. The number of amides is 1. The molecule has 1 aliphatic carbocycles. The largest absolute Gasteiger partial charge is 0.510 e. The predicted octanol–water partition coefficient (Wildman–Crippen LogP) is 2.57. The van der Waals surface area contributed by atoms with Crippen molar-refractivity contribution in [2.75, 3.05) is 5.32 Å². The second-order valence-electron chi connectivity index (χ2n) is 4.73. The van der Waals surface area contributed by atoms with E-state index >= 15 is 0 Å². The van der Waals surface area contributed by atoms with E-state index in [2.05, 4.69) is 5.32 Å². The minimum atomic E-state index is -0.632. The van der Waals surface area contributed by atoms with E-state index in [-0.39, 0.29) is 23.0 Å². The maximum atomic E-state index is 11.9. The Morgan fingerprint density at radius 3 is 2.35 bits per heavy atom. The van der Waals surface area contributed by atoms with Crippen molar-refractivity contribution in [1.29, 1.82) is 5.26 Å². The average Bonchev–Trinajstić information content (AvgIpc) is 3.24. The Kier molecular flexibility index (Phi) is 3.85. The van der Waals surface area contributed by atoms with Crippen molar-refractivity contribution in [1.82, 2.24) is 0 Å². The van der Waals surface area contributed by atoms with Gasteiger partial charge in [-0.1, -0.05) is 0 Å². The number of carbonyl (C=O) groups excluding carboxylic acids is 2. The summed E-state index contributed by atoms with van der Waals surface area (Å²) < 4.78 is 0. The summed E-state index contributed by atoms with van der Waals surface area (Å²) in [5.74, 6) is -0.889. The van der Waals surface area contributed by atoms with Gasteiger partial charge < -0.3 is 10.4 Å². The van der Waals surface area contributed by atoms with E-state index < -0.39 is 5.91 Å². The van der Waals surface area contributed by atoms with E-state index in [0.29, 0.717) is 11.3 Å². The molecule has 1 aromatic carbocycles. The molecule has 0 bridgehead atoms. The molecule has 1 saturated carbocycles. The van der Waals surface area contributed by atoms with Gasteiger partial charge in [-0.15, -0.1) is 0 Å². The van der Waals surface area contributed by atoms with E-state index in [9.17, 15) is 14.7 Å². The number of nitriles is 1. The molecule has 1 amide bonds. The summed E-state index contributed by atoms with van der Waals surface area (Å²) in [6.45, 7) is 1.46. The number of allylic oxidation sites excluding steroid dienone is 1. The summed E-state index contributed by atoms with van der Waals surface area (Å²) in [6.07, 6.45) is 1.61. The van der Waals surface area contributed by atoms with Crippen molar-refractivity contribution < 1.29 is 14.7 Å². The Hall–Kier alpha value is -2.61. The molecule has 0 heterocycles. The van der Waals surface area contributed by atoms with Gasteiger partial charge in [-0.25, -0.2) is 0 Å². The van der Waals surface area contributed by atoms with Crippen LogP contribution < -0.4 is 5.32 Å². The summed E-state index contributed by atoms with van der Waals surface area (Å²) in [6, 6.07) is 8.08. The number of aliphatic hydroxyl groups is 1. The highest BCUT2D eigenvalue weighted by Gasteiger charge is 2.30. The summed E-state index contributed by atoms with van der Waals surface area (Å²) >= 11 is 0. The second kappa shape index (κ2) is 5.57. The van der Waals surface area contributed by atoms with Crippen LogP contribution in [0.25, 0.3) is 0 Å². The predicted molar refractivity (Wildman–Crippen MR) is 73.1 cm³/mol. The number of nitrogens with one attached hydrogen (secondary N) is 1. The fraction of sp³-hybridized carbons (Fsp3) is 0.267. The highest BCUT2D eigenvalue weighted by atomic mass is 16.3. The molecular formula is C15H14N2O3. The van der Waals surface area contributed by atoms with E-state index in [4.69, 9.17) is 5.26 Å². The molecule has 20 heavy (non-hydrogen) atoms. The lowest BCUT2D eigenvalue weighted by atomic mass is 10.1. The van der Waals surface area contributed by atoms with Crippen LogP contribution in [0.15, 0.2) is 35.6 Å². The van der Waals surface area contributed by atoms with E-state index in [1.165, 1.54) is 6.92 Å². The van der Waals surface area contributed by atoms with Crippen LogP contribution in [0.2, 0.25) is 0 Å². The van der Waals surface area contributed by atoms with E-state index in [0.717, 1.165) is 12.8 Å². The van der Waals surface area contributed by atoms with Gasteiger partial charge in [-0.3, -0.25) is 9.59 Å². The van der Waals surface area contributed by atoms with E-state index in [1.807, 2.05) is 0 Å². The molecule has 0 saturated heterocycles. The van der Waals surface area contributed by atoms with Gasteiger partial charge in [-0.05, 0) is 44.0 Å². The number of rotatable bonds is 4.